The highest BCUT2D eigenvalue weighted by Gasteiger charge is 2.29. The molecule has 14 heavy (non-hydrogen) atoms. The van der Waals surface area contributed by atoms with Crippen molar-refractivity contribution >= 4 is 11.5 Å². The Kier molecular flexibility index (Phi) is 2.29. The molecule has 1 atom stereocenters. The van der Waals surface area contributed by atoms with Gasteiger partial charge in [-0.25, -0.2) is 4.98 Å². The summed E-state index contributed by atoms with van der Waals surface area (Å²) >= 11 is 0. The van der Waals surface area contributed by atoms with Gasteiger partial charge in [-0.1, -0.05) is 0 Å². The molecule has 0 bridgehead atoms. The van der Waals surface area contributed by atoms with Gasteiger partial charge in [0.15, 0.2) is 0 Å². The smallest absolute Gasteiger partial charge is 0.128 e. The van der Waals surface area contributed by atoms with Gasteiger partial charge in [0.25, 0.3) is 0 Å². The van der Waals surface area contributed by atoms with E-state index in [0.29, 0.717) is 0 Å². The molecule has 0 aliphatic carbocycles. The normalized spacial score (nSPS) is 26.4. The maximum Gasteiger partial charge on any atom is 0.128 e. The molecule has 1 aromatic rings. The van der Waals surface area contributed by atoms with Gasteiger partial charge in [-0.15, -0.1) is 0 Å². The van der Waals surface area contributed by atoms with Gasteiger partial charge < -0.3 is 15.8 Å². The highest BCUT2D eigenvalue weighted by atomic mass is 16.5. The second-order valence-corrected chi connectivity index (χ2v) is 3.96. The molecule has 1 unspecified atom stereocenters. The molecule has 2 heterocycles. The summed E-state index contributed by atoms with van der Waals surface area (Å²) in [6.45, 7) is 3.67. The Morgan fingerprint density at radius 3 is 3.14 bits per heavy atom. The van der Waals surface area contributed by atoms with Gasteiger partial charge in [-0.05, 0) is 19.4 Å². The van der Waals surface area contributed by atoms with E-state index >= 15 is 0 Å². The van der Waals surface area contributed by atoms with Gasteiger partial charge in [0.1, 0.15) is 5.82 Å². The quantitative estimate of drug-likeness (QED) is 0.742. The number of aromatic nitrogens is 1. The van der Waals surface area contributed by atoms with Crippen molar-refractivity contribution < 1.29 is 4.74 Å². The topological polar surface area (TPSA) is 60.2 Å². The van der Waals surface area contributed by atoms with E-state index in [2.05, 4.69) is 17.2 Å². The number of hydrogen-bond donors (Lipinski definition) is 2. The van der Waals surface area contributed by atoms with Gasteiger partial charge in [0, 0.05) is 24.6 Å². The van der Waals surface area contributed by atoms with Crippen molar-refractivity contribution in [3.63, 3.8) is 0 Å². The van der Waals surface area contributed by atoms with Crippen molar-refractivity contribution in [2.45, 2.75) is 18.9 Å². The molecule has 2 rings (SSSR count). The Morgan fingerprint density at radius 1 is 1.64 bits per heavy atom. The number of nitrogens with zero attached hydrogens (tertiary/aromatic N) is 1. The summed E-state index contributed by atoms with van der Waals surface area (Å²) < 4.78 is 5.34. The zero-order valence-corrected chi connectivity index (χ0v) is 8.29. The van der Waals surface area contributed by atoms with Crippen molar-refractivity contribution in [1.29, 1.82) is 0 Å². The van der Waals surface area contributed by atoms with E-state index < -0.39 is 0 Å². The van der Waals surface area contributed by atoms with Crippen molar-refractivity contribution in [2.75, 3.05) is 24.3 Å². The van der Waals surface area contributed by atoms with Crippen LogP contribution in [-0.2, 0) is 4.74 Å². The standard InChI is InChI=1S/C10H15N3O/c1-10(3-5-14-7-10)13-9-6-8(11)2-4-12-9/h2,4,6H,3,5,7H2,1H3,(H3,11,12,13). The van der Waals surface area contributed by atoms with Crippen molar-refractivity contribution in [3.8, 4) is 0 Å². The first-order valence-electron chi connectivity index (χ1n) is 4.75. The molecule has 0 saturated carbocycles. The number of hydrogen-bond acceptors (Lipinski definition) is 4. The number of nitrogen functional groups attached to an aromatic ring is 1. The first kappa shape index (κ1) is 9.27. The third-order valence-corrected chi connectivity index (χ3v) is 2.43. The van der Waals surface area contributed by atoms with E-state index in [1.165, 1.54) is 0 Å². The fourth-order valence-electron chi connectivity index (χ4n) is 1.59. The second kappa shape index (κ2) is 3.46. The number of ether oxygens (including phenoxy) is 1. The van der Waals surface area contributed by atoms with Crippen LogP contribution in [0.2, 0.25) is 0 Å². The summed E-state index contributed by atoms with van der Waals surface area (Å²) in [4.78, 5) is 4.20. The maximum atomic E-state index is 5.66. The fourth-order valence-corrected chi connectivity index (χ4v) is 1.59. The van der Waals surface area contributed by atoms with Crippen LogP contribution in [-0.4, -0.2) is 23.7 Å². The molecule has 1 aliphatic rings. The van der Waals surface area contributed by atoms with Gasteiger partial charge in [0.2, 0.25) is 0 Å². The molecule has 76 valence electrons. The van der Waals surface area contributed by atoms with Crippen LogP contribution in [0.15, 0.2) is 18.3 Å². The van der Waals surface area contributed by atoms with E-state index in [-0.39, 0.29) is 5.54 Å². The minimum Gasteiger partial charge on any atom is -0.399 e. The molecular formula is C10H15N3O. The molecule has 4 nitrogen and oxygen atoms in total. The highest BCUT2D eigenvalue weighted by molar-refractivity contribution is 5.49. The molecule has 0 radical (unpaired) electrons. The van der Waals surface area contributed by atoms with Gasteiger partial charge >= 0.3 is 0 Å². The molecule has 1 fully saturated rings. The SMILES string of the molecule is CC1(Nc2cc(N)ccn2)CCOC1. The maximum absolute atomic E-state index is 5.66. The van der Waals surface area contributed by atoms with E-state index in [9.17, 15) is 0 Å². The lowest BCUT2D eigenvalue weighted by Crippen LogP contribution is -2.35. The molecule has 1 aromatic heterocycles. The monoisotopic (exact) mass is 193 g/mol. The molecule has 0 aromatic carbocycles. The van der Waals surface area contributed by atoms with Gasteiger partial charge in [-0.3, -0.25) is 0 Å². The Labute approximate surface area is 83.5 Å². The molecule has 1 aliphatic heterocycles. The van der Waals surface area contributed by atoms with E-state index in [1.807, 2.05) is 6.07 Å². The predicted octanol–water partition coefficient (Wildman–Crippen LogP) is 1.25. The lowest BCUT2D eigenvalue weighted by molar-refractivity contribution is 0.185. The molecule has 0 amide bonds. The summed E-state index contributed by atoms with van der Waals surface area (Å²) in [5.74, 6) is 0.818. The number of rotatable bonds is 2. The van der Waals surface area contributed by atoms with Crippen molar-refractivity contribution in [1.82, 2.24) is 4.98 Å². The summed E-state index contributed by atoms with van der Waals surface area (Å²) in [7, 11) is 0. The Morgan fingerprint density at radius 2 is 2.50 bits per heavy atom. The van der Waals surface area contributed by atoms with Gasteiger partial charge in [-0.2, -0.15) is 0 Å². The Hall–Kier alpha value is -1.29. The average molecular weight is 193 g/mol. The van der Waals surface area contributed by atoms with Crippen LogP contribution in [0.1, 0.15) is 13.3 Å². The van der Waals surface area contributed by atoms with E-state index in [4.69, 9.17) is 10.5 Å². The third-order valence-electron chi connectivity index (χ3n) is 2.43. The van der Waals surface area contributed by atoms with Crippen LogP contribution in [0.25, 0.3) is 0 Å². The van der Waals surface area contributed by atoms with Crippen molar-refractivity contribution in [2.24, 2.45) is 0 Å². The van der Waals surface area contributed by atoms with Gasteiger partial charge in [0.05, 0.1) is 12.1 Å². The average Bonchev–Trinajstić information content (AvgIpc) is 2.51. The highest BCUT2D eigenvalue weighted by Crippen LogP contribution is 2.23. The number of nitrogens with one attached hydrogen (secondary N) is 1. The third kappa shape index (κ3) is 1.96. The largest absolute Gasteiger partial charge is 0.399 e. The van der Waals surface area contributed by atoms with Crippen LogP contribution >= 0.6 is 0 Å². The molecular weight excluding hydrogens is 178 g/mol. The van der Waals surface area contributed by atoms with Crippen LogP contribution < -0.4 is 11.1 Å². The zero-order valence-electron chi connectivity index (χ0n) is 8.29. The van der Waals surface area contributed by atoms with Crippen LogP contribution in [0, 0.1) is 0 Å². The number of pyridine rings is 1. The van der Waals surface area contributed by atoms with E-state index in [1.54, 1.807) is 12.3 Å². The lowest BCUT2D eigenvalue weighted by Gasteiger charge is -2.24. The number of anilines is 2. The molecule has 1 saturated heterocycles. The summed E-state index contributed by atoms with van der Waals surface area (Å²) in [5.41, 5.74) is 6.39. The fraction of sp³-hybridized carbons (Fsp3) is 0.500. The van der Waals surface area contributed by atoms with Crippen LogP contribution in [0.4, 0.5) is 11.5 Å². The summed E-state index contributed by atoms with van der Waals surface area (Å²) in [6.07, 6.45) is 2.71. The lowest BCUT2D eigenvalue weighted by atomic mass is 10.0. The second-order valence-electron chi connectivity index (χ2n) is 3.96. The van der Waals surface area contributed by atoms with E-state index in [0.717, 1.165) is 31.1 Å². The van der Waals surface area contributed by atoms with Crippen molar-refractivity contribution in [3.05, 3.63) is 18.3 Å². The van der Waals surface area contributed by atoms with Crippen LogP contribution in [0.3, 0.4) is 0 Å². The minimum atomic E-state index is 0.000787. The number of nitrogens with two attached hydrogens (primary N) is 1. The predicted molar refractivity (Wildman–Crippen MR) is 56.1 cm³/mol. The Balaban J connectivity index is 2.10. The zero-order chi connectivity index (χ0) is 10.0. The first-order chi connectivity index (χ1) is 6.68. The summed E-state index contributed by atoms with van der Waals surface area (Å²) in [6, 6.07) is 3.61. The molecule has 0 spiro atoms. The molecule has 4 heteroatoms. The minimum absolute atomic E-state index is 0.000787. The molecule has 3 N–H and O–H groups in total. The Bertz CT molecular complexity index is 321. The van der Waals surface area contributed by atoms with Crippen LogP contribution in [0.5, 0.6) is 0 Å². The summed E-state index contributed by atoms with van der Waals surface area (Å²) in [5, 5.41) is 3.34. The first-order valence-corrected chi connectivity index (χ1v) is 4.75.